The smallest absolute Gasteiger partial charge is 0.257 e. The highest BCUT2D eigenvalue weighted by molar-refractivity contribution is 6.30. The quantitative estimate of drug-likeness (QED) is 0.886. The molecule has 1 aromatic carbocycles. The van der Waals surface area contributed by atoms with Crippen molar-refractivity contribution in [2.24, 2.45) is 0 Å². The molecule has 0 bridgehead atoms. The lowest BCUT2D eigenvalue weighted by molar-refractivity contribution is 0.0729. The lowest BCUT2D eigenvalue weighted by atomic mass is 10.0. The molecule has 0 atom stereocenters. The van der Waals surface area contributed by atoms with Crippen LogP contribution in [0.1, 0.15) is 21.6 Å². The zero-order valence-corrected chi connectivity index (χ0v) is 16.1. The Morgan fingerprint density at radius 3 is 2.54 bits per heavy atom. The lowest BCUT2D eigenvalue weighted by Crippen LogP contribution is -2.37. The van der Waals surface area contributed by atoms with Gasteiger partial charge in [-0.05, 0) is 24.6 Å². The second-order valence-electron chi connectivity index (χ2n) is 6.70. The molecule has 3 rings (SSSR count). The van der Waals surface area contributed by atoms with Crippen molar-refractivity contribution in [1.82, 2.24) is 14.9 Å². The molecule has 1 aliphatic rings. The Kier molecular flexibility index (Phi) is 4.91. The Hall–Kier alpha value is -2.54. The van der Waals surface area contributed by atoms with Gasteiger partial charge in [0.25, 0.3) is 5.91 Å². The molecule has 0 radical (unpaired) electrons. The molecule has 0 saturated carbocycles. The van der Waals surface area contributed by atoms with Crippen LogP contribution in [0.2, 0.25) is 5.02 Å². The lowest BCUT2D eigenvalue weighted by Gasteiger charge is -2.31. The van der Waals surface area contributed by atoms with Gasteiger partial charge in [0, 0.05) is 45.3 Å². The molecule has 0 fully saturated rings. The minimum absolute atomic E-state index is 0.112. The number of halogens is 1. The van der Waals surface area contributed by atoms with Gasteiger partial charge >= 0.3 is 0 Å². The summed E-state index contributed by atoms with van der Waals surface area (Å²) in [5.74, 6) is 1.14. The number of amides is 1. The summed E-state index contributed by atoms with van der Waals surface area (Å²) in [7, 11) is 7.67. The normalized spacial score (nSPS) is 13.3. The first-order valence-electron chi connectivity index (χ1n) is 8.30. The summed E-state index contributed by atoms with van der Waals surface area (Å²) in [5, 5.41) is 10.4. The van der Waals surface area contributed by atoms with Gasteiger partial charge in [0.15, 0.2) is 0 Å². The first-order valence-corrected chi connectivity index (χ1v) is 8.68. The zero-order chi connectivity index (χ0) is 19.0. The van der Waals surface area contributed by atoms with E-state index >= 15 is 0 Å². The van der Waals surface area contributed by atoms with Crippen LogP contribution in [0, 0.1) is 0 Å². The van der Waals surface area contributed by atoms with Gasteiger partial charge in [-0.1, -0.05) is 11.6 Å². The molecule has 7 nitrogen and oxygen atoms in total. The monoisotopic (exact) mass is 375 g/mol. The standard InChI is InChI=1S/C18H22ClN5O2/c1-22(2)16-12-7-8-24(10-14(12)20-18(21-16)23(3)4)17(26)13-6-5-11(19)9-15(13)25/h5-6,9,25H,7-8,10H2,1-4H3. The molecule has 2 heterocycles. The molecule has 138 valence electrons. The van der Waals surface area contributed by atoms with Crippen molar-refractivity contribution in [2.75, 3.05) is 44.5 Å². The Morgan fingerprint density at radius 2 is 1.92 bits per heavy atom. The largest absolute Gasteiger partial charge is 0.507 e. The number of carbonyl (C=O) groups excluding carboxylic acids is 1. The van der Waals surface area contributed by atoms with Gasteiger partial charge in [0.2, 0.25) is 5.95 Å². The number of carbonyl (C=O) groups is 1. The molecule has 1 amide bonds. The van der Waals surface area contributed by atoms with Gasteiger partial charge in [-0.15, -0.1) is 0 Å². The van der Waals surface area contributed by atoms with Gasteiger partial charge in [0.1, 0.15) is 11.6 Å². The molecule has 0 spiro atoms. The number of rotatable bonds is 3. The van der Waals surface area contributed by atoms with Crippen molar-refractivity contribution < 1.29 is 9.90 Å². The fourth-order valence-electron chi connectivity index (χ4n) is 3.00. The maximum atomic E-state index is 12.8. The number of phenolic OH excluding ortho intramolecular Hbond substituents is 1. The number of hydrogen-bond donors (Lipinski definition) is 1. The molecule has 8 heteroatoms. The van der Waals surface area contributed by atoms with Crippen molar-refractivity contribution in [2.45, 2.75) is 13.0 Å². The Labute approximate surface area is 157 Å². The molecule has 0 aliphatic carbocycles. The van der Waals surface area contributed by atoms with E-state index in [2.05, 4.69) is 9.97 Å². The van der Waals surface area contributed by atoms with Crippen LogP contribution >= 0.6 is 11.6 Å². The molecule has 0 saturated heterocycles. The molecular formula is C18H22ClN5O2. The van der Waals surface area contributed by atoms with E-state index < -0.39 is 0 Å². The van der Waals surface area contributed by atoms with Crippen molar-refractivity contribution in [1.29, 1.82) is 0 Å². The predicted molar refractivity (Wildman–Crippen MR) is 102 cm³/mol. The van der Waals surface area contributed by atoms with Gasteiger partial charge in [-0.25, -0.2) is 4.98 Å². The van der Waals surface area contributed by atoms with Crippen LogP contribution in [0.25, 0.3) is 0 Å². The van der Waals surface area contributed by atoms with E-state index in [1.165, 1.54) is 6.07 Å². The summed E-state index contributed by atoms with van der Waals surface area (Å²) in [5.41, 5.74) is 2.14. The molecular weight excluding hydrogens is 354 g/mol. The Balaban J connectivity index is 1.94. The average Bonchev–Trinajstić information content (AvgIpc) is 2.59. The summed E-state index contributed by atoms with van der Waals surface area (Å²) in [4.78, 5) is 27.6. The molecule has 1 N–H and O–H groups in total. The number of fused-ring (bicyclic) bond motifs is 1. The number of hydrogen-bond acceptors (Lipinski definition) is 6. The second kappa shape index (κ2) is 6.99. The van der Waals surface area contributed by atoms with Crippen LogP contribution in [0.5, 0.6) is 5.75 Å². The topological polar surface area (TPSA) is 72.8 Å². The Bertz CT molecular complexity index is 854. The van der Waals surface area contributed by atoms with Crippen LogP contribution in [0.4, 0.5) is 11.8 Å². The third-order valence-electron chi connectivity index (χ3n) is 4.33. The summed E-state index contributed by atoms with van der Waals surface area (Å²) in [6.07, 6.45) is 0.663. The first-order chi connectivity index (χ1) is 12.3. The highest BCUT2D eigenvalue weighted by atomic mass is 35.5. The van der Waals surface area contributed by atoms with Crippen LogP contribution in [-0.2, 0) is 13.0 Å². The summed E-state index contributed by atoms with van der Waals surface area (Å²) >= 11 is 5.86. The fraction of sp³-hybridized carbons (Fsp3) is 0.389. The van der Waals surface area contributed by atoms with E-state index in [1.807, 2.05) is 38.0 Å². The molecule has 1 aliphatic heterocycles. The highest BCUT2D eigenvalue weighted by Crippen LogP contribution is 2.29. The third-order valence-corrected chi connectivity index (χ3v) is 4.57. The maximum absolute atomic E-state index is 12.8. The van der Waals surface area contributed by atoms with E-state index in [4.69, 9.17) is 11.6 Å². The average molecular weight is 376 g/mol. The summed E-state index contributed by atoms with van der Waals surface area (Å²) in [6, 6.07) is 4.53. The maximum Gasteiger partial charge on any atom is 0.257 e. The van der Waals surface area contributed by atoms with E-state index in [0.717, 1.165) is 17.1 Å². The first kappa shape index (κ1) is 18.3. The SMILES string of the molecule is CN(C)c1nc2c(c(N(C)C)n1)CCN(C(=O)c1ccc(Cl)cc1O)C2. The number of anilines is 2. The van der Waals surface area contributed by atoms with Gasteiger partial charge in [-0.2, -0.15) is 4.98 Å². The molecule has 26 heavy (non-hydrogen) atoms. The van der Waals surface area contributed by atoms with Gasteiger partial charge < -0.3 is 19.8 Å². The zero-order valence-electron chi connectivity index (χ0n) is 15.3. The van der Waals surface area contributed by atoms with Crippen molar-refractivity contribution in [3.63, 3.8) is 0 Å². The van der Waals surface area contributed by atoms with Crippen LogP contribution in [0.15, 0.2) is 18.2 Å². The van der Waals surface area contributed by atoms with Crippen molar-refractivity contribution in [3.05, 3.63) is 40.0 Å². The van der Waals surface area contributed by atoms with Gasteiger partial charge in [-0.3, -0.25) is 4.79 Å². The second-order valence-corrected chi connectivity index (χ2v) is 7.14. The predicted octanol–water partition coefficient (Wildman–Crippen LogP) is 2.17. The van der Waals surface area contributed by atoms with Crippen LogP contribution < -0.4 is 9.80 Å². The minimum atomic E-state index is -0.235. The van der Waals surface area contributed by atoms with Crippen molar-refractivity contribution in [3.8, 4) is 5.75 Å². The number of benzene rings is 1. The number of aromatic nitrogens is 2. The number of nitrogens with zero attached hydrogens (tertiary/aromatic N) is 5. The third kappa shape index (κ3) is 3.39. The van der Waals surface area contributed by atoms with Crippen molar-refractivity contribution >= 4 is 29.3 Å². The Morgan fingerprint density at radius 1 is 1.19 bits per heavy atom. The number of phenols is 1. The summed E-state index contributed by atoms with van der Waals surface area (Å²) < 4.78 is 0. The molecule has 2 aromatic rings. The summed E-state index contributed by atoms with van der Waals surface area (Å²) in [6.45, 7) is 0.917. The van der Waals surface area contributed by atoms with E-state index in [-0.39, 0.29) is 17.2 Å². The highest BCUT2D eigenvalue weighted by Gasteiger charge is 2.28. The molecule has 1 aromatic heterocycles. The van der Waals surface area contributed by atoms with Gasteiger partial charge in [0.05, 0.1) is 17.8 Å². The fourth-order valence-corrected chi connectivity index (χ4v) is 3.16. The number of aromatic hydroxyl groups is 1. The van der Waals surface area contributed by atoms with Crippen LogP contribution in [0.3, 0.4) is 0 Å². The van der Waals surface area contributed by atoms with E-state index in [9.17, 15) is 9.90 Å². The minimum Gasteiger partial charge on any atom is -0.507 e. The molecule has 0 unspecified atom stereocenters. The van der Waals surface area contributed by atoms with E-state index in [1.54, 1.807) is 17.0 Å². The van der Waals surface area contributed by atoms with Crippen LogP contribution in [-0.4, -0.2) is 60.6 Å². The van der Waals surface area contributed by atoms with E-state index in [0.29, 0.717) is 30.5 Å².